The second-order valence-electron chi connectivity index (χ2n) is 11.9. The quantitative estimate of drug-likeness (QED) is 0.312. The maximum absolute atomic E-state index is 12.9. The molecule has 0 aliphatic carbocycles. The highest BCUT2D eigenvalue weighted by Gasteiger charge is 2.41. The van der Waals surface area contributed by atoms with Crippen LogP contribution in [0.15, 0.2) is 72.8 Å². The molecule has 0 bridgehead atoms. The van der Waals surface area contributed by atoms with Crippen molar-refractivity contribution in [3.05, 3.63) is 95.1 Å². The second kappa shape index (κ2) is 13.0. The van der Waals surface area contributed by atoms with Crippen molar-refractivity contribution in [3.8, 4) is 11.5 Å². The summed E-state index contributed by atoms with van der Waals surface area (Å²) in [6.45, 7) is 8.97. The van der Waals surface area contributed by atoms with Crippen LogP contribution in [0.2, 0.25) is 0 Å². The minimum absolute atomic E-state index is 0.0665. The zero-order chi connectivity index (χ0) is 28.8. The van der Waals surface area contributed by atoms with Gasteiger partial charge < -0.3 is 24.3 Å². The molecule has 1 saturated heterocycles. The van der Waals surface area contributed by atoms with Crippen molar-refractivity contribution < 1.29 is 23.7 Å². The van der Waals surface area contributed by atoms with Crippen LogP contribution in [0, 0.1) is 0 Å². The lowest BCUT2D eigenvalue weighted by Crippen LogP contribution is -2.53. The minimum Gasteiger partial charge on any atom is -0.493 e. The molecule has 0 radical (unpaired) electrons. The van der Waals surface area contributed by atoms with Gasteiger partial charge in [-0.15, -0.1) is 0 Å². The maximum atomic E-state index is 12.9. The second-order valence-corrected chi connectivity index (χ2v) is 11.9. The van der Waals surface area contributed by atoms with Crippen molar-refractivity contribution >= 4 is 6.09 Å². The number of fused-ring (bicyclic) bond motifs is 3. The fraction of sp³-hybridized carbons (Fsp3) is 0.441. The molecule has 5 rings (SSSR count). The van der Waals surface area contributed by atoms with Crippen LogP contribution in [0.1, 0.15) is 61.4 Å². The largest absolute Gasteiger partial charge is 0.493 e. The van der Waals surface area contributed by atoms with Gasteiger partial charge in [0.1, 0.15) is 12.2 Å². The van der Waals surface area contributed by atoms with E-state index in [4.69, 9.17) is 18.9 Å². The van der Waals surface area contributed by atoms with Crippen LogP contribution in [0.25, 0.3) is 0 Å². The number of nitrogens with one attached hydrogen (secondary N) is 1. The first-order valence-electron chi connectivity index (χ1n) is 14.5. The van der Waals surface area contributed by atoms with E-state index >= 15 is 0 Å². The summed E-state index contributed by atoms with van der Waals surface area (Å²) in [7, 11) is 1.68. The van der Waals surface area contributed by atoms with Gasteiger partial charge in [0.05, 0.1) is 20.3 Å². The maximum Gasteiger partial charge on any atom is 0.407 e. The molecule has 3 aromatic rings. The molecule has 2 aliphatic rings. The Morgan fingerprint density at radius 2 is 1.71 bits per heavy atom. The molecule has 7 heteroatoms. The summed E-state index contributed by atoms with van der Waals surface area (Å²) in [4.78, 5) is 15.4. The highest BCUT2D eigenvalue weighted by atomic mass is 16.6. The molecule has 218 valence electrons. The van der Waals surface area contributed by atoms with Gasteiger partial charge in [0.2, 0.25) is 0 Å². The third kappa shape index (κ3) is 7.40. The van der Waals surface area contributed by atoms with Crippen molar-refractivity contribution in [1.82, 2.24) is 10.2 Å². The number of hydrogen-bond donors (Lipinski definition) is 1. The molecule has 41 heavy (non-hydrogen) atoms. The normalized spacial score (nSPS) is 20.4. The third-order valence-electron chi connectivity index (χ3n) is 7.81. The van der Waals surface area contributed by atoms with Crippen molar-refractivity contribution in [2.24, 2.45) is 0 Å². The number of nitrogens with zero attached hydrogens (tertiary/aromatic N) is 1. The predicted molar refractivity (Wildman–Crippen MR) is 160 cm³/mol. The van der Waals surface area contributed by atoms with Crippen molar-refractivity contribution in [2.75, 3.05) is 33.4 Å². The first-order valence-corrected chi connectivity index (χ1v) is 14.5. The summed E-state index contributed by atoms with van der Waals surface area (Å²) < 4.78 is 23.4. The molecular weight excluding hydrogens is 516 g/mol. The van der Waals surface area contributed by atoms with Crippen LogP contribution >= 0.6 is 0 Å². The molecular formula is C34H42N2O5. The number of hydrogen-bond acceptors (Lipinski definition) is 6. The first-order chi connectivity index (χ1) is 19.8. The molecule has 1 fully saturated rings. The zero-order valence-electron chi connectivity index (χ0n) is 24.6. The smallest absolute Gasteiger partial charge is 0.407 e. The van der Waals surface area contributed by atoms with Crippen LogP contribution in [0.5, 0.6) is 11.5 Å². The molecule has 3 aromatic carbocycles. The van der Waals surface area contributed by atoms with Gasteiger partial charge in [-0.3, -0.25) is 4.90 Å². The van der Waals surface area contributed by atoms with Crippen molar-refractivity contribution in [3.63, 3.8) is 0 Å². The van der Waals surface area contributed by atoms with E-state index in [0.717, 1.165) is 43.0 Å². The van der Waals surface area contributed by atoms with Crippen LogP contribution in [0.4, 0.5) is 4.79 Å². The van der Waals surface area contributed by atoms with E-state index in [1.807, 2.05) is 45.0 Å². The standard InChI is InChI=1S/C34H42N2O5/c1-34(2,3)41-33(37)35-29-21-30-27-20-31(38-4)32(40-18-17-39-23-24-11-7-5-8-12-24)19-26(27)15-16-36(30)22-28(29)25-13-9-6-10-14-25/h5-14,19-20,28-30H,15-18,21-23H2,1-4H3,(H,35,37)/t28-,29+,30+/m0/s1. The van der Waals surface area contributed by atoms with Gasteiger partial charge in [-0.25, -0.2) is 4.79 Å². The van der Waals surface area contributed by atoms with E-state index < -0.39 is 5.60 Å². The Balaban J connectivity index is 1.30. The van der Waals surface area contributed by atoms with Crippen LogP contribution < -0.4 is 14.8 Å². The van der Waals surface area contributed by atoms with Crippen LogP contribution in [0.3, 0.4) is 0 Å². The van der Waals surface area contributed by atoms with E-state index in [2.05, 4.69) is 58.7 Å². The average molecular weight is 559 g/mol. The van der Waals surface area contributed by atoms with E-state index in [0.29, 0.717) is 19.8 Å². The molecule has 2 heterocycles. The Labute approximate surface area is 243 Å². The number of piperidine rings is 1. The van der Waals surface area contributed by atoms with E-state index in [1.54, 1.807) is 7.11 Å². The van der Waals surface area contributed by atoms with Crippen LogP contribution in [-0.4, -0.2) is 56.0 Å². The number of rotatable bonds is 9. The van der Waals surface area contributed by atoms with E-state index in [9.17, 15) is 4.79 Å². The van der Waals surface area contributed by atoms with Gasteiger partial charge in [0.25, 0.3) is 0 Å². The summed E-state index contributed by atoms with van der Waals surface area (Å²) in [6, 6.07) is 25.0. The number of ether oxygens (including phenoxy) is 4. The molecule has 0 aromatic heterocycles. The van der Waals surface area contributed by atoms with Gasteiger partial charge in [0.15, 0.2) is 11.5 Å². The number of benzene rings is 3. The molecule has 1 N–H and O–H groups in total. The van der Waals surface area contributed by atoms with E-state index in [1.165, 1.54) is 16.7 Å². The molecule has 0 spiro atoms. The Hall–Kier alpha value is -3.55. The average Bonchev–Trinajstić information content (AvgIpc) is 2.96. The van der Waals surface area contributed by atoms with Crippen LogP contribution in [-0.2, 0) is 22.5 Å². The predicted octanol–water partition coefficient (Wildman–Crippen LogP) is 6.27. The molecule has 1 amide bonds. The van der Waals surface area contributed by atoms with Gasteiger partial charge in [-0.2, -0.15) is 0 Å². The fourth-order valence-corrected chi connectivity index (χ4v) is 5.94. The number of carbonyl (C=O) groups excluding carboxylic acids is 1. The molecule has 3 atom stereocenters. The summed E-state index contributed by atoms with van der Waals surface area (Å²) in [5, 5.41) is 3.22. The van der Waals surface area contributed by atoms with Gasteiger partial charge >= 0.3 is 6.09 Å². The molecule has 0 unspecified atom stereocenters. The number of carbonyl (C=O) groups is 1. The summed E-state index contributed by atoms with van der Waals surface area (Å²) in [6.07, 6.45) is 1.34. The number of methoxy groups -OCH3 is 1. The Morgan fingerprint density at radius 1 is 0.976 bits per heavy atom. The lowest BCUT2D eigenvalue weighted by atomic mass is 9.78. The van der Waals surface area contributed by atoms with Gasteiger partial charge in [-0.1, -0.05) is 60.7 Å². The Kier molecular flexibility index (Phi) is 9.15. The van der Waals surface area contributed by atoms with Crippen molar-refractivity contribution in [2.45, 2.75) is 63.8 Å². The minimum atomic E-state index is -0.555. The topological polar surface area (TPSA) is 69.3 Å². The SMILES string of the molecule is COc1cc2c(cc1OCCOCc1ccccc1)CCN1C[C@@H](c3ccccc3)[C@H](NC(=O)OC(C)(C)C)C[C@H]21. The summed E-state index contributed by atoms with van der Waals surface area (Å²) in [5.41, 5.74) is 4.32. The molecule has 2 aliphatic heterocycles. The lowest BCUT2D eigenvalue weighted by Gasteiger charge is -2.47. The third-order valence-corrected chi connectivity index (χ3v) is 7.81. The monoisotopic (exact) mass is 558 g/mol. The number of amides is 1. The number of alkyl carbamates (subject to hydrolysis) is 1. The van der Waals surface area contributed by atoms with Crippen molar-refractivity contribution in [1.29, 1.82) is 0 Å². The highest BCUT2D eigenvalue weighted by molar-refractivity contribution is 5.68. The summed E-state index contributed by atoms with van der Waals surface area (Å²) >= 11 is 0. The fourth-order valence-electron chi connectivity index (χ4n) is 5.94. The molecule has 0 saturated carbocycles. The van der Waals surface area contributed by atoms with E-state index in [-0.39, 0.29) is 24.1 Å². The first kappa shape index (κ1) is 29.0. The van der Waals surface area contributed by atoms with Gasteiger partial charge in [-0.05, 0) is 68.0 Å². The Morgan fingerprint density at radius 3 is 2.41 bits per heavy atom. The van der Waals surface area contributed by atoms with Gasteiger partial charge in [0, 0.05) is 31.1 Å². The zero-order valence-corrected chi connectivity index (χ0v) is 24.6. The molecule has 7 nitrogen and oxygen atoms in total. The highest BCUT2D eigenvalue weighted by Crippen LogP contribution is 2.44. The lowest BCUT2D eigenvalue weighted by molar-refractivity contribution is 0.0413. The summed E-state index contributed by atoms with van der Waals surface area (Å²) in [5.74, 6) is 1.63. The Bertz CT molecular complexity index is 1290.